The lowest BCUT2D eigenvalue weighted by atomic mass is 9.95. The molecule has 8 nitrogen and oxygen atoms in total. The average Bonchev–Trinajstić information content (AvgIpc) is 3.51. The number of furan rings is 1. The molecule has 3 aromatic heterocycles. The molecule has 42 heavy (non-hydrogen) atoms. The first-order chi connectivity index (χ1) is 20.2. The van der Waals surface area contributed by atoms with Gasteiger partial charge in [0.2, 0.25) is 0 Å². The van der Waals surface area contributed by atoms with Crippen LogP contribution < -0.4 is 20.2 Å². The number of amides is 1. The summed E-state index contributed by atoms with van der Waals surface area (Å²) in [6.07, 6.45) is 1.69. The van der Waals surface area contributed by atoms with E-state index >= 15 is 0 Å². The van der Waals surface area contributed by atoms with Gasteiger partial charge < -0.3 is 9.73 Å². The summed E-state index contributed by atoms with van der Waals surface area (Å²) >= 11 is 8.73. The van der Waals surface area contributed by atoms with Gasteiger partial charge >= 0.3 is 0 Å². The summed E-state index contributed by atoms with van der Waals surface area (Å²) in [7, 11) is 0. The van der Waals surface area contributed by atoms with Crippen molar-refractivity contribution in [1.29, 1.82) is 0 Å². The molecule has 0 fully saturated rings. The van der Waals surface area contributed by atoms with Crippen LogP contribution in [0.25, 0.3) is 6.08 Å². The van der Waals surface area contributed by atoms with Gasteiger partial charge in [-0.2, -0.15) is 0 Å². The Morgan fingerprint density at radius 3 is 2.45 bits per heavy atom. The molecule has 0 radical (unpaired) electrons. The Bertz CT molecular complexity index is 2010. The van der Waals surface area contributed by atoms with Gasteiger partial charge in [0.15, 0.2) is 15.1 Å². The molecule has 2 aromatic carbocycles. The van der Waals surface area contributed by atoms with Crippen molar-refractivity contribution in [3.63, 3.8) is 0 Å². The van der Waals surface area contributed by atoms with Crippen LogP contribution in [0.4, 0.5) is 5.69 Å². The van der Waals surface area contributed by atoms with Gasteiger partial charge in [0.05, 0.1) is 21.8 Å². The SMILES string of the molecule is CC1=C(C(=O)Nc2ccccc2)[C@@H](c2ccc(Cl)cc2)n2c(s/c(=C/c3ccc(Sc4nc(C)cc(C)n4)o3)c2=O)=N1. The van der Waals surface area contributed by atoms with Crippen LogP contribution in [-0.4, -0.2) is 20.4 Å². The molecule has 0 unspecified atom stereocenters. The van der Waals surface area contributed by atoms with E-state index in [4.69, 9.17) is 16.0 Å². The van der Waals surface area contributed by atoms with Crippen LogP contribution in [0.2, 0.25) is 5.02 Å². The summed E-state index contributed by atoms with van der Waals surface area (Å²) in [6.45, 7) is 5.62. The van der Waals surface area contributed by atoms with Gasteiger partial charge in [0, 0.05) is 28.2 Å². The van der Waals surface area contributed by atoms with Crippen LogP contribution in [-0.2, 0) is 4.79 Å². The maximum Gasteiger partial charge on any atom is 0.271 e. The number of aryl methyl sites for hydroxylation is 2. The van der Waals surface area contributed by atoms with Crippen LogP contribution in [0.5, 0.6) is 0 Å². The summed E-state index contributed by atoms with van der Waals surface area (Å²) in [5.74, 6) is 0.172. The first-order valence-corrected chi connectivity index (χ1v) is 15.0. The maximum absolute atomic E-state index is 13.9. The molecule has 4 heterocycles. The van der Waals surface area contributed by atoms with Crippen molar-refractivity contribution in [3.05, 3.63) is 131 Å². The Kier molecular flexibility index (Phi) is 7.68. The van der Waals surface area contributed by atoms with E-state index in [1.807, 2.05) is 68.4 Å². The average molecular weight is 614 g/mol. The summed E-state index contributed by atoms with van der Waals surface area (Å²) in [5, 5.41) is 4.70. The molecule has 1 aliphatic rings. The number of anilines is 1. The van der Waals surface area contributed by atoms with Gasteiger partial charge in [-0.05, 0) is 80.6 Å². The molecule has 0 aliphatic carbocycles. The van der Waals surface area contributed by atoms with Gasteiger partial charge in [0.1, 0.15) is 5.76 Å². The number of nitrogens with one attached hydrogen (secondary N) is 1. The van der Waals surface area contributed by atoms with Crippen molar-refractivity contribution in [2.24, 2.45) is 4.99 Å². The van der Waals surface area contributed by atoms with Crippen LogP contribution in [0, 0.1) is 13.8 Å². The minimum atomic E-state index is -0.700. The number of allylic oxidation sites excluding steroid dienone is 1. The maximum atomic E-state index is 13.9. The highest BCUT2D eigenvalue weighted by atomic mass is 35.5. The lowest BCUT2D eigenvalue weighted by Gasteiger charge is -2.25. The van der Waals surface area contributed by atoms with E-state index in [2.05, 4.69) is 20.3 Å². The molecule has 0 saturated heterocycles. The number of nitrogens with zero attached hydrogens (tertiary/aromatic N) is 4. The Labute approximate surface area is 254 Å². The zero-order valence-corrected chi connectivity index (χ0v) is 25.2. The monoisotopic (exact) mass is 613 g/mol. The summed E-state index contributed by atoms with van der Waals surface area (Å²) in [6, 6.07) is 21.1. The fraction of sp³-hybridized carbons (Fsp3) is 0.129. The number of thiazole rings is 1. The van der Waals surface area contributed by atoms with Crippen molar-refractivity contribution in [1.82, 2.24) is 14.5 Å². The number of carbonyl (C=O) groups excluding carboxylic acids is 1. The first kappa shape index (κ1) is 27.9. The second-order valence-electron chi connectivity index (χ2n) is 9.65. The number of carbonyl (C=O) groups is 1. The molecule has 11 heteroatoms. The first-order valence-electron chi connectivity index (χ1n) is 13.0. The minimum Gasteiger partial charge on any atom is -0.450 e. The van der Waals surface area contributed by atoms with E-state index in [0.29, 0.717) is 47.3 Å². The largest absolute Gasteiger partial charge is 0.450 e. The molecule has 1 aliphatic heterocycles. The fourth-order valence-electron chi connectivity index (χ4n) is 4.72. The smallest absolute Gasteiger partial charge is 0.271 e. The van der Waals surface area contributed by atoms with Gasteiger partial charge in [-0.1, -0.05) is 53.3 Å². The number of benzene rings is 2. The Morgan fingerprint density at radius 2 is 1.74 bits per heavy atom. The molecule has 210 valence electrons. The lowest BCUT2D eigenvalue weighted by molar-refractivity contribution is -0.113. The summed E-state index contributed by atoms with van der Waals surface area (Å²) < 4.78 is 7.99. The number of halogens is 1. The van der Waals surface area contributed by atoms with Gasteiger partial charge in [-0.25, -0.2) is 15.0 Å². The Balaban J connectivity index is 1.40. The number of hydrogen-bond acceptors (Lipinski definition) is 8. The molecular weight excluding hydrogens is 590 g/mol. The predicted molar refractivity (Wildman–Crippen MR) is 165 cm³/mol. The highest BCUT2D eigenvalue weighted by molar-refractivity contribution is 7.99. The standard InChI is InChI=1S/C31H24ClN5O3S2/c1-17-15-18(2)34-30(33-17)42-25-14-13-23(40-25)16-24-29(39)37-27(20-9-11-21(32)12-10-20)26(19(3)35-31(37)41-24)28(38)36-22-7-5-4-6-8-22/h4-16,27H,1-3H3,(H,36,38)/b24-16+/t27-/m1/s1. The van der Waals surface area contributed by atoms with E-state index in [-0.39, 0.29) is 11.5 Å². The van der Waals surface area contributed by atoms with Crippen LogP contribution in [0.1, 0.15) is 35.7 Å². The number of fused-ring (bicyclic) bond motifs is 1. The third-order valence-corrected chi connectivity index (χ3v) is 8.53. The van der Waals surface area contributed by atoms with E-state index in [1.165, 1.54) is 23.1 Å². The van der Waals surface area contributed by atoms with Crippen LogP contribution in [0.3, 0.4) is 0 Å². The van der Waals surface area contributed by atoms with Gasteiger partial charge in [-0.15, -0.1) is 0 Å². The third-order valence-electron chi connectivity index (χ3n) is 6.51. The highest BCUT2D eigenvalue weighted by Gasteiger charge is 2.32. The second kappa shape index (κ2) is 11.6. The molecule has 0 saturated carbocycles. The molecule has 5 aromatic rings. The predicted octanol–water partition coefficient (Wildman–Crippen LogP) is 5.68. The van der Waals surface area contributed by atoms with E-state index < -0.39 is 6.04 Å². The van der Waals surface area contributed by atoms with Crippen molar-refractivity contribution in [3.8, 4) is 0 Å². The Hall–Kier alpha value is -4.25. The number of para-hydroxylation sites is 1. The number of hydrogen-bond donors (Lipinski definition) is 1. The molecule has 6 rings (SSSR count). The number of aromatic nitrogens is 3. The minimum absolute atomic E-state index is 0.278. The van der Waals surface area contributed by atoms with Crippen molar-refractivity contribution in [2.45, 2.75) is 37.1 Å². The van der Waals surface area contributed by atoms with Gasteiger partial charge in [-0.3, -0.25) is 14.2 Å². The second-order valence-corrected chi connectivity index (χ2v) is 12.1. The van der Waals surface area contributed by atoms with Gasteiger partial charge in [0.25, 0.3) is 11.5 Å². The zero-order chi connectivity index (χ0) is 29.4. The van der Waals surface area contributed by atoms with E-state index in [0.717, 1.165) is 17.0 Å². The van der Waals surface area contributed by atoms with Crippen LogP contribution >= 0.6 is 34.7 Å². The summed E-state index contributed by atoms with van der Waals surface area (Å²) in [4.78, 5) is 41.6. The molecule has 1 atom stereocenters. The Morgan fingerprint density at radius 1 is 1.02 bits per heavy atom. The normalized spacial score (nSPS) is 15.0. The summed E-state index contributed by atoms with van der Waals surface area (Å²) in [5.41, 5.74) is 3.77. The topological polar surface area (TPSA) is 102 Å². The molecule has 0 bridgehead atoms. The molecule has 1 N–H and O–H groups in total. The highest BCUT2D eigenvalue weighted by Crippen LogP contribution is 2.32. The van der Waals surface area contributed by atoms with E-state index in [9.17, 15) is 9.59 Å². The molecule has 0 spiro atoms. The van der Waals surface area contributed by atoms with Crippen molar-refractivity contribution in [2.75, 3.05) is 5.32 Å². The van der Waals surface area contributed by atoms with Crippen molar-refractivity contribution >= 4 is 52.4 Å². The fourth-order valence-corrected chi connectivity index (χ4v) is 6.70. The molecular formula is C31H24ClN5O3S2. The quantitative estimate of drug-likeness (QED) is 0.247. The van der Waals surface area contributed by atoms with Crippen LogP contribution in [0.15, 0.2) is 109 Å². The zero-order valence-electron chi connectivity index (χ0n) is 22.8. The third kappa shape index (κ3) is 5.74. The van der Waals surface area contributed by atoms with E-state index in [1.54, 1.807) is 35.8 Å². The lowest BCUT2D eigenvalue weighted by Crippen LogP contribution is -2.40. The molecule has 1 amide bonds. The number of rotatable bonds is 6. The van der Waals surface area contributed by atoms with Crippen molar-refractivity contribution < 1.29 is 9.21 Å².